The van der Waals surface area contributed by atoms with Crippen molar-refractivity contribution in [2.75, 3.05) is 20.7 Å². The molecule has 6 nitrogen and oxygen atoms in total. The number of guanidine groups is 1. The van der Waals surface area contributed by atoms with Crippen LogP contribution in [0.2, 0.25) is 0 Å². The van der Waals surface area contributed by atoms with Crippen LogP contribution in [0.5, 0.6) is 5.75 Å². The van der Waals surface area contributed by atoms with E-state index in [1.165, 1.54) is 16.8 Å². The van der Waals surface area contributed by atoms with E-state index in [-0.39, 0.29) is 24.0 Å². The number of benzene rings is 1. The predicted molar refractivity (Wildman–Crippen MR) is 132 cm³/mol. The van der Waals surface area contributed by atoms with Crippen LogP contribution in [0.25, 0.3) is 0 Å². The third-order valence-electron chi connectivity index (χ3n) is 5.24. The molecule has 0 aliphatic carbocycles. The number of hydrogen-bond acceptors (Lipinski definition) is 3. The first-order chi connectivity index (χ1) is 13.5. The van der Waals surface area contributed by atoms with Crippen molar-refractivity contribution >= 4 is 29.9 Å². The molecule has 2 N–H and O–H groups in total. The van der Waals surface area contributed by atoms with Crippen molar-refractivity contribution < 1.29 is 4.74 Å². The van der Waals surface area contributed by atoms with E-state index in [0.717, 1.165) is 49.8 Å². The van der Waals surface area contributed by atoms with E-state index in [1.54, 1.807) is 7.11 Å². The highest BCUT2D eigenvalue weighted by Crippen LogP contribution is 2.21. The molecule has 0 bridgehead atoms. The highest BCUT2D eigenvalue weighted by molar-refractivity contribution is 14.0. The van der Waals surface area contributed by atoms with Crippen LogP contribution in [0.3, 0.4) is 0 Å². The third-order valence-corrected chi connectivity index (χ3v) is 5.24. The fourth-order valence-corrected chi connectivity index (χ4v) is 3.49. The van der Waals surface area contributed by atoms with Gasteiger partial charge in [0.05, 0.1) is 12.8 Å². The number of ether oxygens (including phenoxy) is 1. The summed E-state index contributed by atoms with van der Waals surface area (Å²) in [7, 11) is 5.53. The summed E-state index contributed by atoms with van der Waals surface area (Å²) in [4.78, 5) is 4.36. The summed E-state index contributed by atoms with van der Waals surface area (Å²) in [6, 6.07) is 8.31. The highest BCUT2D eigenvalue weighted by atomic mass is 127. The van der Waals surface area contributed by atoms with Gasteiger partial charge in [-0.2, -0.15) is 5.10 Å². The minimum Gasteiger partial charge on any atom is -0.497 e. The number of nitrogens with one attached hydrogen (secondary N) is 2. The van der Waals surface area contributed by atoms with Gasteiger partial charge in [0.1, 0.15) is 5.75 Å². The van der Waals surface area contributed by atoms with Gasteiger partial charge in [-0.1, -0.05) is 32.9 Å². The van der Waals surface area contributed by atoms with Crippen molar-refractivity contribution in [2.45, 2.75) is 52.5 Å². The summed E-state index contributed by atoms with van der Waals surface area (Å²) < 4.78 is 7.23. The van der Waals surface area contributed by atoms with Crippen LogP contribution in [-0.2, 0) is 26.4 Å². The second kappa shape index (κ2) is 12.7. The number of rotatable bonds is 9. The number of halogens is 1. The predicted octanol–water partition coefficient (Wildman–Crippen LogP) is 4.03. The molecule has 0 fully saturated rings. The molecular formula is C22H36IN5O. The molecule has 1 aromatic carbocycles. The van der Waals surface area contributed by atoms with Crippen molar-refractivity contribution in [2.24, 2.45) is 12.0 Å². The lowest BCUT2D eigenvalue weighted by Gasteiger charge is -2.16. The Balaban J connectivity index is 0.00000420. The lowest BCUT2D eigenvalue weighted by molar-refractivity contribution is 0.414. The molecule has 0 saturated heterocycles. The Bertz CT molecular complexity index is 770. The Kier molecular flexibility index (Phi) is 11.1. The smallest absolute Gasteiger partial charge is 0.191 e. The molecule has 29 heavy (non-hydrogen) atoms. The first-order valence-corrected chi connectivity index (χ1v) is 10.2. The second-order valence-corrected chi connectivity index (χ2v) is 7.02. The fourth-order valence-electron chi connectivity index (χ4n) is 3.49. The average molecular weight is 513 g/mol. The molecule has 0 spiro atoms. The maximum atomic E-state index is 5.23. The Morgan fingerprint density at radius 1 is 1.17 bits per heavy atom. The Labute approximate surface area is 192 Å². The number of aromatic nitrogens is 2. The minimum absolute atomic E-state index is 0. The van der Waals surface area contributed by atoms with Crippen LogP contribution in [0.4, 0.5) is 0 Å². The van der Waals surface area contributed by atoms with E-state index in [4.69, 9.17) is 4.74 Å². The first kappa shape index (κ1) is 25.3. The number of hydrogen-bond donors (Lipinski definition) is 2. The monoisotopic (exact) mass is 513 g/mol. The van der Waals surface area contributed by atoms with Crippen molar-refractivity contribution in [1.82, 2.24) is 20.4 Å². The summed E-state index contributed by atoms with van der Waals surface area (Å²) in [5.74, 6) is 2.19. The van der Waals surface area contributed by atoms with Gasteiger partial charge in [-0.05, 0) is 42.9 Å². The number of aliphatic imine (C=N–C) groups is 1. The van der Waals surface area contributed by atoms with Gasteiger partial charge in [-0.3, -0.25) is 9.67 Å². The van der Waals surface area contributed by atoms with Gasteiger partial charge in [-0.25, -0.2) is 0 Å². The number of aryl methyl sites for hydroxylation is 2. The molecular weight excluding hydrogens is 477 g/mol. The molecule has 0 amide bonds. The van der Waals surface area contributed by atoms with Gasteiger partial charge >= 0.3 is 0 Å². The molecule has 2 aromatic rings. The van der Waals surface area contributed by atoms with Crippen molar-refractivity contribution in [3.8, 4) is 5.75 Å². The summed E-state index contributed by atoms with van der Waals surface area (Å²) in [6.45, 7) is 8.18. The molecule has 7 heteroatoms. The van der Waals surface area contributed by atoms with Crippen LogP contribution in [0.15, 0.2) is 29.3 Å². The van der Waals surface area contributed by atoms with Crippen molar-refractivity contribution in [1.29, 1.82) is 0 Å². The first-order valence-electron chi connectivity index (χ1n) is 10.2. The Morgan fingerprint density at radius 2 is 1.86 bits per heavy atom. The van der Waals surface area contributed by atoms with Crippen LogP contribution in [-0.4, -0.2) is 36.4 Å². The lowest BCUT2D eigenvalue weighted by Crippen LogP contribution is -2.37. The zero-order valence-electron chi connectivity index (χ0n) is 18.6. The zero-order valence-corrected chi connectivity index (χ0v) is 20.9. The Morgan fingerprint density at radius 3 is 2.41 bits per heavy atom. The minimum atomic E-state index is 0. The maximum absolute atomic E-state index is 5.23. The summed E-state index contributed by atoms with van der Waals surface area (Å²) >= 11 is 0. The van der Waals surface area contributed by atoms with Gasteiger partial charge in [0, 0.05) is 38.4 Å². The van der Waals surface area contributed by atoms with E-state index in [1.807, 2.05) is 30.9 Å². The summed E-state index contributed by atoms with van der Waals surface area (Å²) in [6.07, 6.45) is 2.95. The molecule has 0 saturated carbocycles. The van der Waals surface area contributed by atoms with Crippen LogP contribution in [0.1, 0.15) is 55.6 Å². The Hall–Kier alpha value is -1.77. The molecule has 0 aliphatic heterocycles. The normalized spacial score (nSPS) is 12.3. The molecule has 1 unspecified atom stereocenters. The van der Waals surface area contributed by atoms with Gasteiger partial charge < -0.3 is 15.4 Å². The van der Waals surface area contributed by atoms with Crippen LogP contribution < -0.4 is 15.4 Å². The van der Waals surface area contributed by atoms with Gasteiger partial charge in [0.2, 0.25) is 0 Å². The number of nitrogens with zero attached hydrogens (tertiary/aromatic N) is 3. The van der Waals surface area contributed by atoms with Gasteiger partial charge in [-0.15, -0.1) is 24.0 Å². The summed E-state index contributed by atoms with van der Waals surface area (Å²) in [5, 5.41) is 11.5. The molecule has 162 valence electrons. The molecule has 1 heterocycles. The van der Waals surface area contributed by atoms with E-state index in [2.05, 4.69) is 53.6 Å². The van der Waals surface area contributed by atoms with Crippen molar-refractivity contribution in [3.63, 3.8) is 0 Å². The quantitative estimate of drug-likeness (QED) is 0.302. The third kappa shape index (κ3) is 6.90. The molecule has 0 aliphatic rings. The maximum Gasteiger partial charge on any atom is 0.191 e. The fraction of sp³-hybridized carbons (Fsp3) is 0.545. The standard InChI is InChI=1S/C22H35N5O.HI/c1-7-20-19(21(8-2)27(5)26-20)15-25-22(23-4)24-14-13-16(3)17-9-11-18(28-6)12-10-17;/h9-12,16H,7-8,13-15H2,1-6H3,(H2,23,24,25);1H. The highest BCUT2D eigenvalue weighted by Gasteiger charge is 2.14. The topological polar surface area (TPSA) is 63.5 Å². The molecule has 2 rings (SSSR count). The zero-order chi connectivity index (χ0) is 20.5. The van der Waals surface area contributed by atoms with E-state index < -0.39 is 0 Å². The van der Waals surface area contributed by atoms with E-state index >= 15 is 0 Å². The number of methoxy groups -OCH3 is 1. The molecule has 1 aromatic heterocycles. The largest absolute Gasteiger partial charge is 0.497 e. The molecule has 0 radical (unpaired) electrons. The molecule has 1 atom stereocenters. The van der Waals surface area contributed by atoms with Gasteiger partial charge in [0.15, 0.2) is 5.96 Å². The van der Waals surface area contributed by atoms with E-state index in [0.29, 0.717) is 5.92 Å². The SMILES string of the molecule is CCc1nn(C)c(CC)c1CNC(=NC)NCCC(C)c1ccc(OC)cc1.I. The van der Waals surface area contributed by atoms with E-state index in [9.17, 15) is 0 Å². The van der Waals surface area contributed by atoms with Crippen LogP contribution >= 0.6 is 24.0 Å². The summed E-state index contributed by atoms with van der Waals surface area (Å²) in [5.41, 5.74) is 5.06. The van der Waals surface area contributed by atoms with Crippen molar-refractivity contribution in [3.05, 3.63) is 46.8 Å². The second-order valence-electron chi connectivity index (χ2n) is 7.02. The van der Waals surface area contributed by atoms with Crippen LogP contribution in [0, 0.1) is 0 Å². The average Bonchev–Trinajstić information content (AvgIpc) is 3.04. The van der Waals surface area contributed by atoms with Gasteiger partial charge in [0.25, 0.3) is 0 Å². The lowest BCUT2D eigenvalue weighted by atomic mass is 9.98.